The molecule has 1 N–H and O–H groups in total. The molecule has 1 unspecified atom stereocenters. The number of ether oxygens (including phenoxy) is 1. The van der Waals surface area contributed by atoms with Crippen LogP contribution >= 0.6 is 0 Å². The Balaban J connectivity index is 1.62. The van der Waals surface area contributed by atoms with Gasteiger partial charge in [-0.05, 0) is 42.3 Å². The molecule has 0 aliphatic carbocycles. The fourth-order valence-electron chi connectivity index (χ4n) is 2.54. The van der Waals surface area contributed by atoms with Gasteiger partial charge in [0.2, 0.25) is 0 Å². The molecule has 142 valence electrons. The minimum Gasteiger partial charge on any atom is -0.449 e. The monoisotopic (exact) mass is 381 g/mol. The molecule has 6 heteroatoms. The number of esters is 1. The molecule has 0 saturated carbocycles. The first kappa shape index (κ1) is 19.2. The van der Waals surface area contributed by atoms with E-state index in [9.17, 15) is 18.4 Å². The Labute approximate surface area is 160 Å². The van der Waals surface area contributed by atoms with E-state index in [-0.39, 0.29) is 11.3 Å². The van der Waals surface area contributed by atoms with Gasteiger partial charge in [0.05, 0.1) is 11.3 Å². The third-order valence-corrected chi connectivity index (χ3v) is 4.07. The second-order valence-electron chi connectivity index (χ2n) is 6.10. The third kappa shape index (κ3) is 4.59. The Hall–Kier alpha value is -3.54. The molecule has 0 fully saturated rings. The highest BCUT2D eigenvalue weighted by atomic mass is 19.1. The van der Waals surface area contributed by atoms with Crippen LogP contribution in [0, 0.1) is 11.6 Å². The van der Waals surface area contributed by atoms with Crippen LogP contribution in [0.15, 0.2) is 72.8 Å². The van der Waals surface area contributed by atoms with Crippen LogP contribution in [0.25, 0.3) is 11.1 Å². The molecule has 0 radical (unpaired) electrons. The molecule has 0 spiro atoms. The van der Waals surface area contributed by atoms with Gasteiger partial charge in [-0.1, -0.05) is 42.5 Å². The van der Waals surface area contributed by atoms with Gasteiger partial charge in [-0.15, -0.1) is 0 Å². The standard InChI is InChI=1S/C22H17F2NO3/c1-14(21(26)25-20-12-11-18(23)13-19(20)24)28-22(27)17-9-7-16(8-10-17)15-5-3-2-4-6-15/h2-14H,1H3,(H,25,26). The molecule has 3 aromatic rings. The normalized spacial score (nSPS) is 11.5. The Kier molecular flexibility index (Phi) is 5.79. The minimum atomic E-state index is -1.16. The molecule has 1 atom stereocenters. The summed E-state index contributed by atoms with van der Waals surface area (Å²) >= 11 is 0. The van der Waals surface area contributed by atoms with Crippen LogP contribution in [-0.4, -0.2) is 18.0 Å². The lowest BCUT2D eigenvalue weighted by molar-refractivity contribution is -0.123. The van der Waals surface area contributed by atoms with Gasteiger partial charge in [0, 0.05) is 6.07 Å². The van der Waals surface area contributed by atoms with E-state index >= 15 is 0 Å². The smallest absolute Gasteiger partial charge is 0.338 e. The van der Waals surface area contributed by atoms with Gasteiger partial charge in [0.1, 0.15) is 11.6 Å². The number of nitrogens with one attached hydrogen (secondary N) is 1. The van der Waals surface area contributed by atoms with Crippen LogP contribution in [0.4, 0.5) is 14.5 Å². The number of rotatable bonds is 5. The van der Waals surface area contributed by atoms with E-state index in [1.165, 1.54) is 6.92 Å². The summed E-state index contributed by atoms with van der Waals surface area (Å²) < 4.78 is 31.7. The molecular weight excluding hydrogens is 364 g/mol. The molecule has 1 amide bonds. The predicted octanol–water partition coefficient (Wildman–Crippen LogP) is 4.82. The van der Waals surface area contributed by atoms with Crippen LogP contribution in [-0.2, 0) is 9.53 Å². The quantitative estimate of drug-likeness (QED) is 0.645. The second kappa shape index (κ2) is 8.43. The van der Waals surface area contributed by atoms with E-state index < -0.39 is 29.6 Å². The van der Waals surface area contributed by atoms with Gasteiger partial charge in [-0.25, -0.2) is 13.6 Å². The Morgan fingerprint density at radius 1 is 0.893 bits per heavy atom. The highest BCUT2D eigenvalue weighted by molar-refractivity contribution is 5.97. The molecule has 0 aliphatic heterocycles. The van der Waals surface area contributed by atoms with E-state index in [0.717, 1.165) is 23.3 Å². The van der Waals surface area contributed by atoms with Crippen LogP contribution in [0.2, 0.25) is 0 Å². The SMILES string of the molecule is CC(OC(=O)c1ccc(-c2ccccc2)cc1)C(=O)Nc1ccc(F)cc1F. The van der Waals surface area contributed by atoms with Crippen molar-refractivity contribution in [1.29, 1.82) is 0 Å². The van der Waals surface area contributed by atoms with E-state index in [0.29, 0.717) is 6.07 Å². The Morgan fingerprint density at radius 2 is 1.54 bits per heavy atom. The van der Waals surface area contributed by atoms with Crippen LogP contribution in [0.5, 0.6) is 0 Å². The van der Waals surface area contributed by atoms with Gasteiger partial charge in [0.15, 0.2) is 6.10 Å². The van der Waals surface area contributed by atoms with Crippen molar-refractivity contribution < 1.29 is 23.1 Å². The van der Waals surface area contributed by atoms with Gasteiger partial charge >= 0.3 is 5.97 Å². The summed E-state index contributed by atoms with van der Waals surface area (Å²) in [5.74, 6) is -3.07. The van der Waals surface area contributed by atoms with E-state index in [4.69, 9.17) is 4.74 Å². The summed E-state index contributed by atoms with van der Waals surface area (Å²) in [6, 6.07) is 19.2. The summed E-state index contributed by atoms with van der Waals surface area (Å²) in [4.78, 5) is 24.4. The first-order chi connectivity index (χ1) is 13.4. The number of carbonyl (C=O) groups is 2. The Morgan fingerprint density at radius 3 is 2.18 bits per heavy atom. The van der Waals surface area contributed by atoms with Crippen LogP contribution in [0.3, 0.4) is 0 Å². The zero-order valence-electron chi connectivity index (χ0n) is 15.0. The zero-order chi connectivity index (χ0) is 20.1. The predicted molar refractivity (Wildman–Crippen MR) is 102 cm³/mol. The molecule has 3 aromatic carbocycles. The fourth-order valence-corrected chi connectivity index (χ4v) is 2.54. The van der Waals surface area contributed by atoms with Crippen molar-refractivity contribution in [2.24, 2.45) is 0 Å². The van der Waals surface area contributed by atoms with E-state index in [1.807, 2.05) is 30.3 Å². The number of hydrogen-bond acceptors (Lipinski definition) is 3. The maximum Gasteiger partial charge on any atom is 0.338 e. The van der Waals surface area contributed by atoms with E-state index in [2.05, 4.69) is 5.32 Å². The lowest BCUT2D eigenvalue weighted by Crippen LogP contribution is -2.30. The van der Waals surface area contributed by atoms with Gasteiger partial charge in [-0.2, -0.15) is 0 Å². The van der Waals surface area contributed by atoms with Crippen LogP contribution < -0.4 is 5.32 Å². The summed E-state index contributed by atoms with van der Waals surface area (Å²) in [6.45, 7) is 1.37. The molecule has 0 bridgehead atoms. The van der Waals surface area contributed by atoms with Crippen molar-refractivity contribution in [3.05, 3.63) is 90.0 Å². The van der Waals surface area contributed by atoms with Crippen molar-refractivity contribution in [3.8, 4) is 11.1 Å². The first-order valence-corrected chi connectivity index (χ1v) is 8.56. The Bertz CT molecular complexity index is 988. The maximum atomic E-state index is 13.6. The zero-order valence-corrected chi connectivity index (χ0v) is 15.0. The molecule has 0 saturated heterocycles. The molecule has 3 rings (SSSR count). The average molecular weight is 381 g/mol. The lowest BCUT2D eigenvalue weighted by atomic mass is 10.0. The lowest BCUT2D eigenvalue weighted by Gasteiger charge is -2.14. The molecule has 4 nitrogen and oxygen atoms in total. The number of benzene rings is 3. The topological polar surface area (TPSA) is 55.4 Å². The van der Waals surface area contributed by atoms with Crippen molar-refractivity contribution in [2.75, 3.05) is 5.32 Å². The summed E-state index contributed by atoms with van der Waals surface area (Å²) in [5, 5.41) is 2.27. The van der Waals surface area contributed by atoms with Crippen LogP contribution in [0.1, 0.15) is 17.3 Å². The van der Waals surface area contributed by atoms with E-state index in [1.54, 1.807) is 24.3 Å². The largest absolute Gasteiger partial charge is 0.449 e. The van der Waals surface area contributed by atoms with Gasteiger partial charge in [0.25, 0.3) is 5.91 Å². The number of hydrogen-bond donors (Lipinski definition) is 1. The highest BCUT2D eigenvalue weighted by Gasteiger charge is 2.20. The molecule has 0 aromatic heterocycles. The van der Waals surface area contributed by atoms with Crippen molar-refractivity contribution in [2.45, 2.75) is 13.0 Å². The number of amides is 1. The minimum absolute atomic E-state index is 0.193. The number of halogens is 2. The molecule has 0 aliphatic rings. The number of carbonyl (C=O) groups excluding carboxylic acids is 2. The van der Waals surface area contributed by atoms with Gasteiger partial charge in [-0.3, -0.25) is 4.79 Å². The first-order valence-electron chi connectivity index (χ1n) is 8.56. The summed E-state index contributed by atoms with van der Waals surface area (Å²) in [6.07, 6.45) is -1.16. The molecule has 28 heavy (non-hydrogen) atoms. The molecule has 0 heterocycles. The molecular formula is C22H17F2NO3. The van der Waals surface area contributed by atoms with Crippen molar-refractivity contribution >= 4 is 17.6 Å². The second-order valence-corrected chi connectivity index (χ2v) is 6.10. The number of anilines is 1. The maximum absolute atomic E-state index is 13.6. The third-order valence-electron chi connectivity index (χ3n) is 4.07. The summed E-state index contributed by atoms with van der Waals surface area (Å²) in [5.41, 5.74) is 2.04. The highest BCUT2D eigenvalue weighted by Crippen LogP contribution is 2.20. The fraction of sp³-hybridized carbons (Fsp3) is 0.0909. The van der Waals surface area contributed by atoms with Gasteiger partial charge < -0.3 is 10.1 Å². The van der Waals surface area contributed by atoms with Crippen molar-refractivity contribution in [3.63, 3.8) is 0 Å². The summed E-state index contributed by atoms with van der Waals surface area (Å²) in [7, 11) is 0. The average Bonchev–Trinajstić information content (AvgIpc) is 2.70. The van der Waals surface area contributed by atoms with Crippen molar-refractivity contribution in [1.82, 2.24) is 0 Å².